The number of carbonyl (C=O) groups is 2. The molecule has 1 atom stereocenters. The number of nitrogens with one attached hydrogen (secondary N) is 1. The molecule has 0 radical (unpaired) electrons. The van der Waals surface area contributed by atoms with Crippen molar-refractivity contribution in [3.05, 3.63) is 0 Å². The molecule has 1 amide bonds. The molecule has 6 nitrogen and oxygen atoms in total. The molecule has 0 aromatic heterocycles. The lowest BCUT2D eigenvalue weighted by Gasteiger charge is -2.22. The summed E-state index contributed by atoms with van der Waals surface area (Å²) in [7, 11) is 0. The maximum Gasteiger partial charge on any atom is 0.407 e. The first-order valence-electron chi connectivity index (χ1n) is 5.33. The van der Waals surface area contributed by atoms with E-state index in [1.165, 1.54) is 0 Å². The Bertz CT molecular complexity index is 314. The van der Waals surface area contributed by atoms with Crippen LogP contribution < -0.4 is 5.32 Å². The molecule has 96 valence electrons. The van der Waals surface area contributed by atoms with Crippen molar-refractivity contribution >= 4 is 12.1 Å². The highest BCUT2D eigenvalue weighted by atomic mass is 16.6. The van der Waals surface area contributed by atoms with Crippen LogP contribution in [0, 0.1) is 11.3 Å². The van der Waals surface area contributed by atoms with Crippen LogP contribution in [-0.4, -0.2) is 28.8 Å². The highest BCUT2D eigenvalue weighted by molar-refractivity contribution is 5.69. The molecule has 0 aliphatic rings. The minimum atomic E-state index is -0.959. The molecule has 0 spiro atoms. The third-order valence-electron chi connectivity index (χ3n) is 1.77. The Balaban J connectivity index is 4.20. The van der Waals surface area contributed by atoms with Crippen LogP contribution in [0.2, 0.25) is 0 Å². The zero-order valence-electron chi connectivity index (χ0n) is 10.3. The van der Waals surface area contributed by atoms with Crippen molar-refractivity contribution in [1.82, 2.24) is 5.32 Å². The van der Waals surface area contributed by atoms with Gasteiger partial charge in [0.1, 0.15) is 5.60 Å². The number of hydrogen-bond acceptors (Lipinski definition) is 4. The lowest BCUT2D eigenvalue weighted by Crippen LogP contribution is -2.39. The largest absolute Gasteiger partial charge is 0.481 e. The summed E-state index contributed by atoms with van der Waals surface area (Å²) < 4.78 is 5.01. The Morgan fingerprint density at radius 3 is 2.47 bits per heavy atom. The molecule has 2 N–H and O–H groups in total. The Morgan fingerprint density at radius 1 is 1.47 bits per heavy atom. The average molecular weight is 242 g/mol. The van der Waals surface area contributed by atoms with Gasteiger partial charge in [0.05, 0.1) is 12.5 Å². The van der Waals surface area contributed by atoms with E-state index in [-0.39, 0.29) is 19.3 Å². The van der Waals surface area contributed by atoms with Crippen molar-refractivity contribution in [2.24, 2.45) is 0 Å². The van der Waals surface area contributed by atoms with E-state index in [0.29, 0.717) is 0 Å². The van der Waals surface area contributed by atoms with E-state index >= 15 is 0 Å². The predicted molar refractivity (Wildman–Crippen MR) is 60.3 cm³/mol. The average Bonchev–Trinajstić information content (AvgIpc) is 2.11. The highest BCUT2D eigenvalue weighted by Gasteiger charge is 2.19. The van der Waals surface area contributed by atoms with Crippen LogP contribution in [0.1, 0.15) is 40.0 Å². The van der Waals surface area contributed by atoms with Crippen molar-refractivity contribution in [1.29, 1.82) is 5.26 Å². The van der Waals surface area contributed by atoms with Crippen molar-refractivity contribution in [3.63, 3.8) is 0 Å². The van der Waals surface area contributed by atoms with Gasteiger partial charge >= 0.3 is 12.1 Å². The van der Waals surface area contributed by atoms with Crippen molar-refractivity contribution in [3.8, 4) is 6.07 Å². The summed E-state index contributed by atoms with van der Waals surface area (Å²) in [6.45, 7) is 5.18. The lowest BCUT2D eigenvalue weighted by atomic mass is 10.1. The van der Waals surface area contributed by atoms with Gasteiger partial charge in [-0.1, -0.05) is 0 Å². The van der Waals surface area contributed by atoms with Crippen LogP contribution in [0.5, 0.6) is 0 Å². The number of alkyl carbamates (subject to hydrolysis) is 1. The Morgan fingerprint density at radius 2 is 2.06 bits per heavy atom. The summed E-state index contributed by atoms with van der Waals surface area (Å²) in [5.41, 5.74) is -0.617. The zero-order chi connectivity index (χ0) is 13.5. The smallest absolute Gasteiger partial charge is 0.407 e. The number of nitriles is 1. The number of aliphatic carboxylic acids is 1. The minimum absolute atomic E-state index is 0.0620. The molecule has 0 aromatic rings. The second kappa shape index (κ2) is 6.74. The van der Waals surface area contributed by atoms with Crippen molar-refractivity contribution in [2.75, 3.05) is 0 Å². The Hall–Kier alpha value is -1.77. The van der Waals surface area contributed by atoms with Gasteiger partial charge in [-0.15, -0.1) is 0 Å². The Labute approximate surface area is 101 Å². The zero-order valence-corrected chi connectivity index (χ0v) is 10.3. The summed E-state index contributed by atoms with van der Waals surface area (Å²) in [5.74, 6) is -0.959. The van der Waals surface area contributed by atoms with Crippen LogP contribution in [0.3, 0.4) is 0 Å². The molecular formula is C11H18N2O4. The van der Waals surface area contributed by atoms with Gasteiger partial charge < -0.3 is 15.2 Å². The third kappa shape index (κ3) is 9.18. The van der Waals surface area contributed by atoms with Gasteiger partial charge in [0.25, 0.3) is 0 Å². The molecule has 0 bridgehead atoms. The third-order valence-corrected chi connectivity index (χ3v) is 1.77. The van der Waals surface area contributed by atoms with Gasteiger partial charge in [-0.05, 0) is 27.2 Å². The van der Waals surface area contributed by atoms with Crippen LogP contribution in [0.25, 0.3) is 0 Å². The second-order valence-corrected chi connectivity index (χ2v) is 4.64. The monoisotopic (exact) mass is 242 g/mol. The molecule has 0 aliphatic carbocycles. The van der Waals surface area contributed by atoms with Crippen molar-refractivity contribution < 1.29 is 19.4 Å². The molecule has 0 saturated heterocycles. The summed E-state index contributed by atoms with van der Waals surface area (Å²) in [6.07, 6.45) is -0.459. The molecule has 0 rings (SSSR count). The first kappa shape index (κ1) is 15.2. The first-order valence-corrected chi connectivity index (χ1v) is 5.33. The molecule has 0 heterocycles. The predicted octanol–water partition coefficient (Wildman–Crippen LogP) is 1.66. The van der Waals surface area contributed by atoms with Gasteiger partial charge in [0.15, 0.2) is 0 Å². The maximum atomic E-state index is 11.4. The molecule has 0 saturated carbocycles. The highest BCUT2D eigenvalue weighted by Crippen LogP contribution is 2.08. The number of hydrogen-bond donors (Lipinski definition) is 2. The number of nitrogens with zero attached hydrogens (tertiary/aromatic N) is 1. The van der Waals surface area contributed by atoms with Gasteiger partial charge in [0.2, 0.25) is 0 Å². The summed E-state index contributed by atoms with van der Waals surface area (Å²) >= 11 is 0. The first-order chi connectivity index (χ1) is 7.74. The number of amides is 1. The summed E-state index contributed by atoms with van der Waals surface area (Å²) in [5, 5.41) is 19.6. The van der Waals surface area contributed by atoms with Gasteiger partial charge in [-0.3, -0.25) is 4.79 Å². The molecule has 17 heavy (non-hydrogen) atoms. The normalized spacial score (nSPS) is 12.4. The number of carboxylic acids is 1. The van der Waals surface area contributed by atoms with E-state index in [2.05, 4.69) is 5.32 Å². The van der Waals surface area contributed by atoms with E-state index in [1.807, 2.05) is 6.07 Å². The summed E-state index contributed by atoms with van der Waals surface area (Å²) in [6, 6.07) is 1.40. The van der Waals surface area contributed by atoms with Crippen LogP contribution in [0.4, 0.5) is 4.79 Å². The fraction of sp³-hybridized carbons (Fsp3) is 0.727. The molecule has 0 aromatic carbocycles. The number of rotatable bonds is 5. The van der Waals surface area contributed by atoms with Crippen LogP contribution in [0.15, 0.2) is 0 Å². The van der Waals surface area contributed by atoms with Gasteiger partial charge in [0, 0.05) is 12.5 Å². The molecule has 6 heteroatoms. The van der Waals surface area contributed by atoms with E-state index in [1.54, 1.807) is 20.8 Å². The fourth-order valence-corrected chi connectivity index (χ4v) is 1.11. The van der Waals surface area contributed by atoms with E-state index in [9.17, 15) is 9.59 Å². The van der Waals surface area contributed by atoms with Crippen LogP contribution >= 0.6 is 0 Å². The maximum absolute atomic E-state index is 11.4. The quantitative estimate of drug-likeness (QED) is 0.763. The molecule has 0 aliphatic heterocycles. The fourth-order valence-electron chi connectivity index (χ4n) is 1.11. The minimum Gasteiger partial charge on any atom is -0.481 e. The topological polar surface area (TPSA) is 99.4 Å². The van der Waals surface area contributed by atoms with E-state index in [4.69, 9.17) is 15.1 Å². The van der Waals surface area contributed by atoms with Gasteiger partial charge in [-0.2, -0.15) is 5.26 Å². The summed E-state index contributed by atoms with van der Waals surface area (Å²) in [4.78, 5) is 21.8. The van der Waals surface area contributed by atoms with Crippen molar-refractivity contribution in [2.45, 2.75) is 51.7 Å². The van der Waals surface area contributed by atoms with Gasteiger partial charge in [-0.25, -0.2) is 4.79 Å². The van der Waals surface area contributed by atoms with E-state index in [0.717, 1.165) is 0 Å². The molecular weight excluding hydrogens is 224 g/mol. The molecule has 0 unspecified atom stereocenters. The standard InChI is InChI=1S/C11H18N2O4/c1-11(2,3)17-10(16)13-8(6-7-12)4-5-9(14)15/h8H,4-6H2,1-3H3,(H,13,16)(H,14,15)/t8-/m0/s1. The molecule has 0 fully saturated rings. The SMILES string of the molecule is CC(C)(C)OC(=O)N[C@H](CC#N)CCC(=O)O. The number of ether oxygens (including phenoxy) is 1. The van der Waals surface area contributed by atoms with E-state index < -0.39 is 23.7 Å². The Kier molecular flexibility index (Phi) is 6.03. The number of carbonyl (C=O) groups excluding carboxylic acids is 1. The number of carboxylic acid groups (broad SMARTS) is 1. The second-order valence-electron chi connectivity index (χ2n) is 4.64. The lowest BCUT2D eigenvalue weighted by molar-refractivity contribution is -0.137. The van der Waals surface area contributed by atoms with Crippen LogP contribution in [-0.2, 0) is 9.53 Å².